The van der Waals surface area contributed by atoms with Crippen LogP contribution in [0.3, 0.4) is 0 Å². The molecule has 5 N–H and O–H groups in total. The highest BCUT2D eigenvalue weighted by molar-refractivity contribution is 5.90. The molecule has 1 saturated heterocycles. The number of nitrogens with one attached hydrogen (secondary N) is 2. The van der Waals surface area contributed by atoms with Crippen LogP contribution in [0.5, 0.6) is 11.5 Å². The molecular formula is C22H31N3O8. The zero-order valence-corrected chi connectivity index (χ0v) is 19.2. The second kappa shape index (κ2) is 9.06. The average Bonchev–Trinajstić information content (AvgIpc) is 3.15. The van der Waals surface area contributed by atoms with Gasteiger partial charge >= 0.3 is 12.2 Å². The van der Waals surface area contributed by atoms with Gasteiger partial charge in [0.1, 0.15) is 0 Å². The van der Waals surface area contributed by atoms with E-state index in [1.807, 2.05) is 16.7 Å². The second-order valence-corrected chi connectivity index (χ2v) is 8.55. The number of hydrogen-bond donors (Lipinski definition) is 5. The standard InChI is InChI=1S/C18H21NO4.2C2H5NO2/c1-19-8-7-17-14-10-3-4-12(22-2)15(14)23-16(17)11(20)5-6-18(17,21)13(19)9-10;2*1-3-2(4)5/h3-4,13,16,21H,5-9H2,1-2H3;2*3H,1H3,(H,4,5)/t13-,16+,17+,18-;;/m1../s1. The van der Waals surface area contributed by atoms with Gasteiger partial charge in [0.05, 0.1) is 18.1 Å². The van der Waals surface area contributed by atoms with Gasteiger partial charge in [-0.3, -0.25) is 4.79 Å². The maximum atomic E-state index is 12.7. The Morgan fingerprint density at radius 2 is 1.79 bits per heavy atom. The summed E-state index contributed by atoms with van der Waals surface area (Å²) in [6.45, 7) is 0.871. The molecule has 0 radical (unpaired) electrons. The summed E-state index contributed by atoms with van der Waals surface area (Å²) in [5.41, 5.74) is 0.737. The van der Waals surface area contributed by atoms with Crippen LogP contribution in [0.4, 0.5) is 9.59 Å². The van der Waals surface area contributed by atoms with Gasteiger partial charge in [0.2, 0.25) is 0 Å². The number of methoxy groups -OCH3 is 1. The number of likely N-dealkylation sites (tertiary alicyclic amines) is 1. The Morgan fingerprint density at radius 1 is 1.18 bits per heavy atom. The molecule has 1 aromatic rings. The summed E-state index contributed by atoms with van der Waals surface area (Å²) in [7, 11) is 6.40. The lowest BCUT2D eigenvalue weighted by molar-refractivity contribution is -0.185. The summed E-state index contributed by atoms with van der Waals surface area (Å²) < 4.78 is 11.6. The van der Waals surface area contributed by atoms with Crippen molar-refractivity contribution in [3.63, 3.8) is 0 Å². The fraction of sp³-hybridized carbons (Fsp3) is 0.591. The molecular weight excluding hydrogens is 434 g/mol. The third kappa shape index (κ3) is 3.74. The van der Waals surface area contributed by atoms with Gasteiger partial charge in [-0.15, -0.1) is 0 Å². The molecule has 2 fully saturated rings. The third-order valence-corrected chi connectivity index (χ3v) is 7.16. The molecule has 182 valence electrons. The monoisotopic (exact) mass is 465 g/mol. The lowest BCUT2D eigenvalue weighted by Gasteiger charge is -2.62. The van der Waals surface area contributed by atoms with Crippen molar-refractivity contribution in [2.75, 3.05) is 34.8 Å². The molecule has 2 amide bonds. The number of benzene rings is 1. The summed E-state index contributed by atoms with van der Waals surface area (Å²) in [5.74, 6) is 1.47. The lowest BCUT2D eigenvalue weighted by Crippen LogP contribution is -2.76. The summed E-state index contributed by atoms with van der Waals surface area (Å²) in [6, 6.07) is 4.05. The fourth-order valence-electron chi connectivity index (χ4n) is 5.69. The van der Waals surface area contributed by atoms with E-state index < -0.39 is 29.3 Å². The van der Waals surface area contributed by atoms with E-state index in [1.165, 1.54) is 19.7 Å². The molecule has 5 rings (SSSR count). The Balaban J connectivity index is 0.000000261. The molecule has 2 bridgehead atoms. The number of hydrogen-bond acceptors (Lipinski definition) is 7. The number of piperidine rings is 1. The van der Waals surface area contributed by atoms with E-state index in [9.17, 15) is 19.5 Å². The van der Waals surface area contributed by atoms with Crippen molar-refractivity contribution in [2.45, 2.75) is 48.8 Å². The third-order valence-electron chi connectivity index (χ3n) is 7.16. The number of ketones is 1. The highest BCUT2D eigenvalue weighted by Gasteiger charge is 2.72. The first kappa shape index (κ1) is 24.6. The zero-order valence-electron chi connectivity index (χ0n) is 19.2. The molecule has 4 aliphatic rings. The van der Waals surface area contributed by atoms with Crippen molar-refractivity contribution in [1.29, 1.82) is 0 Å². The minimum Gasteiger partial charge on any atom is -0.493 e. The number of ether oxygens (including phenoxy) is 2. The number of likely N-dealkylation sites (N-methyl/N-ethyl adjacent to an activating group) is 1. The van der Waals surface area contributed by atoms with Gasteiger partial charge in [-0.1, -0.05) is 6.07 Å². The first-order valence-electron chi connectivity index (χ1n) is 10.7. The Hall–Kier alpha value is -3.05. The van der Waals surface area contributed by atoms with E-state index in [0.29, 0.717) is 24.3 Å². The van der Waals surface area contributed by atoms with E-state index >= 15 is 0 Å². The van der Waals surface area contributed by atoms with E-state index in [2.05, 4.69) is 18.0 Å². The van der Waals surface area contributed by atoms with Crippen molar-refractivity contribution >= 4 is 18.0 Å². The highest BCUT2D eigenvalue weighted by atomic mass is 16.5. The zero-order chi connectivity index (χ0) is 24.6. The molecule has 1 aromatic carbocycles. The maximum Gasteiger partial charge on any atom is 0.404 e. The number of Topliss-reactive ketones (excluding diaryl/α,β-unsaturated/α-hetero) is 1. The van der Waals surface area contributed by atoms with Gasteiger partial charge < -0.3 is 40.3 Å². The number of carbonyl (C=O) groups excluding carboxylic acids is 1. The summed E-state index contributed by atoms with van der Waals surface area (Å²) in [5, 5.41) is 30.9. The van der Waals surface area contributed by atoms with Gasteiger partial charge in [-0.05, 0) is 44.5 Å². The largest absolute Gasteiger partial charge is 0.493 e. The SMILES string of the molecule is CNC(=O)O.CNC(=O)O.COc1ccc2c3c1O[C@H]1C(=O)CC[C@@]4(O)[C@@H](C2)N(C)CC[C@]314. The van der Waals surface area contributed by atoms with Crippen molar-refractivity contribution in [3.05, 3.63) is 23.3 Å². The number of nitrogens with zero attached hydrogens (tertiary/aromatic N) is 1. The van der Waals surface area contributed by atoms with Crippen LogP contribution in [-0.2, 0) is 16.6 Å². The minimum atomic E-state index is -0.995. The van der Waals surface area contributed by atoms with Crippen molar-refractivity contribution in [1.82, 2.24) is 15.5 Å². The van der Waals surface area contributed by atoms with Crippen LogP contribution in [-0.4, -0.2) is 90.7 Å². The number of amides is 2. The number of aliphatic hydroxyl groups is 1. The predicted octanol–water partition coefficient (Wildman–Crippen LogP) is 0.816. The van der Waals surface area contributed by atoms with Crippen LogP contribution < -0.4 is 20.1 Å². The Morgan fingerprint density at radius 3 is 2.33 bits per heavy atom. The average molecular weight is 466 g/mol. The number of rotatable bonds is 1. The number of carbonyl (C=O) groups is 3. The van der Waals surface area contributed by atoms with Gasteiger partial charge in [0, 0.05) is 32.1 Å². The molecule has 2 aliphatic heterocycles. The fourth-order valence-corrected chi connectivity index (χ4v) is 5.69. The highest BCUT2D eigenvalue weighted by Crippen LogP contribution is 2.64. The van der Waals surface area contributed by atoms with Crippen LogP contribution in [0.1, 0.15) is 30.4 Å². The number of carboxylic acid groups (broad SMARTS) is 2. The molecule has 33 heavy (non-hydrogen) atoms. The van der Waals surface area contributed by atoms with Crippen LogP contribution in [0.2, 0.25) is 0 Å². The molecule has 11 nitrogen and oxygen atoms in total. The van der Waals surface area contributed by atoms with Gasteiger partial charge in [0.15, 0.2) is 23.4 Å². The topological polar surface area (TPSA) is 158 Å². The Bertz CT molecular complexity index is 940. The van der Waals surface area contributed by atoms with Crippen molar-refractivity contribution in [3.8, 4) is 11.5 Å². The molecule has 11 heteroatoms. The normalized spacial score (nSPS) is 30.3. The summed E-state index contributed by atoms with van der Waals surface area (Å²) in [6.07, 6.45) is -0.0982. The van der Waals surface area contributed by atoms with E-state index in [4.69, 9.17) is 19.7 Å². The molecule has 0 unspecified atom stereocenters. The Kier molecular flexibility index (Phi) is 6.75. The first-order valence-corrected chi connectivity index (χ1v) is 10.7. The molecule has 1 spiro atoms. The Labute approximate surface area is 191 Å². The summed E-state index contributed by atoms with van der Waals surface area (Å²) >= 11 is 0. The molecule has 1 saturated carbocycles. The van der Waals surface area contributed by atoms with Gasteiger partial charge in [-0.2, -0.15) is 0 Å². The van der Waals surface area contributed by atoms with Crippen LogP contribution in [0.15, 0.2) is 12.1 Å². The van der Waals surface area contributed by atoms with Crippen LogP contribution in [0, 0.1) is 0 Å². The van der Waals surface area contributed by atoms with Gasteiger partial charge in [-0.25, -0.2) is 9.59 Å². The molecule has 0 aromatic heterocycles. The van der Waals surface area contributed by atoms with Crippen LogP contribution >= 0.6 is 0 Å². The summed E-state index contributed by atoms with van der Waals surface area (Å²) in [4.78, 5) is 33.4. The van der Waals surface area contributed by atoms with E-state index in [-0.39, 0.29) is 11.8 Å². The second-order valence-electron chi connectivity index (χ2n) is 8.55. The van der Waals surface area contributed by atoms with Crippen molar-refractivity contribution < 1.29 is 39.2 Å². The van der Waals surface area contributed by atoms with Gasteiger partial charge in [0.25, 0.3) is 0 Å². The molecule has 2 aliphatic carbocycles. The maximum absolute atomic E-state index is 12.7. The van der Waals surface area contributed by atoms with E-state index in [1.54, 1.807) is 7.11 Å². The smallest absolute Gasteiger partial charge is 0.404 e. The molecule has 4 atom stereocenters. The van der Waals surface area contributed by atoms with E-state index in [0.717, 1.165) is 24.9 Å². The predicted molar refractivity (Wildman–Crippen MR) is 117 cm³/mol. The molecule has 2 heterocycles. The lowest BCUT2D eigenvalue weighted by atomic mass is 9.49. The quantitative estimate of drug-likeness (QED) is 0.405. The van der Waals surface area contributed by atoms with Crippen LogP contribution in [0.25, 0.3) is 0 Å². The van der Waals surface area contributed by atoms with Crippen molar-refractivity contribution in [2.24, 2.45) is 0 Å². The minimum absolute atomic E-state index is 0.0438. The first-order chi connectivity index (χ1) is 15.6.